The predicted octanol–water partition coefficient (Wildman–Crippen LogP) is 3.23. The van der Waals surface area contributed by atoms with E-state index in [0.717, 1.165) is 44.6 Å². The van der Waals surface area contributed by atoms with E-state index in [2.05, 4.69) is 55.6 Å². The zero-order valence-corrected chi connectivity index (χ0v) is 15.4. The van der Waals surface area contributed by atoms with Crippen LogP contribution >= 0.6 is 0 Å². The number of aromatic nitrogens is 1. The van der Waals surface area contributed by atoms with Gasteiger partial charge in [0.15, 0.2) is 0 Å². The molecule has 24 heavy (non-hydrogen) atoms. The quantitative estimate of drug-likeness (QED) is 0.883. The van der Waals surface area contributed by atoms with Gasteiger partial charge >= 0.3 is 0 Å². The molecule has 2 aromatic rings. The summed E-state index contributed by atoms with van der Waals surface area (Å²) in [6.07, 6.45) is 3.36. The highest BCUT2D eigenvalue weighted by molar-refractivity contribution is 5.87. The number of fused-ring (bicyclic) bond motifs is 3. The Balaban J connectivity index is 2.06. The Morgan fingerprint density at radius 2 is 2.17 bits per heavy atom. The minimum Gasteiger partial charge on any atom is -0.494 e. The first-order valence-corrected chi connectivity index (χ1v) is 9.12. The number of nitrogens with zero attached hydrogens (tertiary/aromatic N) is 2. The fourth-order valence-corrected chi connectivity index (χ4v) is 3.56. The second kappa shape index (κ2) is 7.16. The third kappa shape index (κ3) is 3.31. The Bertz CT molecular complexity index is 705. The number of hydrogen-bond acceptors (Lipinski definition) is 3. The Morgan fingerprint density at radius 3 is 2.88 bits per heavy atom. The lowest BCUT2D eigenvalue weighted by molar-refractivity contribution is 0.157. The van der Waals surface area contributed by atoms with Crippen molar-refractivity contribution in [2.45, 2.75) is 58.2 Å². The summed E-state index contributed by atoms with van der Waals surface area (Å²) in [4.78, 5) is 2.26. The van der Waals surface area contributed by atoms with E-state index in [1.165, 1.54) is 22.2 Å². The molecule has 1 N–H and O–H groups in total. The summed E-state index contributed by atoms with van der Waals surface area (Å²) in [6.45, 7) is 6.10. The SMILES string of the molecule is CCCOc1ccc2c(c1)c1c(n2CC(C)N(C)C)CCC(O)C1. The van der Waals surface area contributed by atoms with Gasteiger partial charge in [-0.2, -0.15) is 0 Å². The topological polar surface area (TPSA) is 37.6 Å². The average Bonchev–Trinajstić information content (AvgIpc) is 2.85. The maximum absolute atomic E-state index is 10.2. The maximum Gasteiger partial charge on any atom is 0.120 e. The molecule has 4 nitrogen and oxygen atoms in total. The van der Waals surface area contributed by atoms with Crippen LogP contribution in [0.25, 0.3) is 10.9 Å². The first kappa shape index (κ1) is 17.3. The van der Waals surface area contributed by atoms with Crippen molar-refractivity contribution in [2.24, 2.45) is 0 Å². The summed E-state index contributed by atoms with van der Waals surface area (Å²) in [5, 5.41) is 11.4. The Morgan fingerprint density at radius 1 is 1.38 bits per heavy atom. The van der Waals surface area contributed by atoms with Crippen LogP contribution in [0.15, 0.2) is 18.2 Å². The number of hydrogen-bond donors (Lipinski definition) is 1. The molecular weight excluding hydrogens is 300 g/mol. The van der Waals surface area contributed by atoms with Crippen LogP contribution in [0.3, 0.4) is 0 Å². The van der Waals surface area contributed by atoms with Gasteiger partial charge in [0, 0.05) is 35.6 Å². The molecule has 4 heteroatoms. The molecule has 0 amide bonds. The van der Waals surface area contributed by atoms with Crippen LogP contribution < -0.4 is 4.74 Å². The molecule has 0 bridgehead atoms. The lowest BCUT2D eigenvalue weighted by Crippen LogP contribution is -2.30. The number of benzene rings is 1. The van der Waals surface area contributed by atoms with Crippen molar-refractivity contribution < 1.29 is 9.84 Å². The van der Waals surface area contributed by atoms with Crippen LogP contribution in [0.1, 0.15) is 37.9 Å². The van der Waals surface area contributed by atoms with Gasteiger partial charge in [-0.05, 0) is 64.0 Å². The molecule has 1 heterocycles. The van der Waals surface area contributed by atoms with Gasteiger partial charge in [-0.25, -0.2) is 0 Å². The van der Waals surface area contributed by atoms with Crippen molar-refractivity contribution in [2.75, 3.05) is 20.7 Å². The van der Waals surface area contributed by atoms with Gasteiger partial charge < -0.3 is 19.3 Å². The number of ether oxygens (including phenoxy) is 1. The molecule has 2 unspecified atom stereocenters. The monoisotopic (exact) mass is 330 g/mol. The van der Waals surface area contributed by atoms with E-state index in [0.29, 0.717) is 6.04 Å². The van der Waals surface area contributed by atoms with Crippen molar-refractivity contribution in [3.63, 3.8) is 0 Å². The maximum atomic E-state index is 10.2. The number of likely N-dealkylation sites (N-methyl/N-ethyl adjacent to an activating group) is 1. The highest BCUT2D eigenvalue weighted by Gasteiger charge is 2.25. The van der Waals surface area contributed by atoms with Crippen LogP contribution in [0.5, 0.6) is 5.75 Å². The highest BCUT2D eigenvalue weighted by atomic mass is 16.5. The molecule has 2 atom stereocenters. The lowest BCUT2D eigenvalue weighted by atomic mass is 9.93. The van der Waals surface area contributed by atoms with Gasteiger partial charge in [0.25, 0.3) is 0 Å². The summed E-state index contributed by atoms with van der Waals surface area (Å²) >= 11 is 0. The van der Waals surface area contributed by atoms with E-state index in [1.807, 2.05) is 0 Å². The average molecular weight is 330 g/mol. The van der Waals surface area contributed by atoms with Crippen molar-refractivity contribution in [3.8, 4) is 5.75 Å². The van der Waals surface area contributed by atoms with Gasteiger partial charge in [0.2, 0.25) is 0 Å². The van der Waals surface area contributed by atoms with E-state index < -0.39 is 0 Å². The van der Waals surface area contributed by atoms with Crippen molar-refractivity contribution in [3.05, 3.63) is 29.5 Å². The molecule has 0 saturated heterocycles. The molecular formula is C20H30N2O2. The fourth-order valence-electron chi connectivity index (χ4n) is 3.56. The molecule has 132 valence electrons. The standard InChI is InChI=1S/C20H30N2O2/c1-5-10-24-16-7-9-20-18(12-16)17-11-15(23)6-8-19(17)22(20)13-14(2)21(3)4/h7,9,12,14-15,23H,5-6,8,10-11,13H2,1-4H3. The Kier molecular flexibility index (Phi) is 5.16. The smallest absolute Gasteiger partial charge is 0.120 e. The number of rotatable bonds is 6. The molecule has 1 aliphatic carbocycles. The van der Waals surface area contributed by atoms with Gasteiger partial charge in [-0.3, -0.25) is 0 Å². The van der Waals surface area contributed by atoms with Crippen LogP contribution in [0.4, 0.5) is 0 Å². The van der Waals surface area contributed by atoms with Crippen LogP contribution in [-0.4, -0.2) is 47.4 Å². The Labute approximate surface area is 145 Å². The molecule has 0 saturated carbocycles. The first-order valence-electron chi connectivity index (χ1n) is 9.12. The Hall–Kier alpha value is -1.52. The third-order valence-corrected chi connectivity index (χ3v) is 5.21. The minimum atomic E-state index is -0.219. The van der Waals surface area contributed by atoms with Crippen LogP contribution in [0, 0.1) is 0 Å². The van der Waals surface area contributed by atoms with Gasteiger partial charge in [0.1, 0.15) is 5.75 Å². The van der Waals surface area contributed by atoms with Crippen molar-refractivity contribution >= 4 is 10.9 Å². The molecule has 1 aromatic carbocycles. The first-order chi connectivity index (χ1) is 11.5. The van der Waals surface area contributed by atoms with Crippen LogP contribution in [0.2, 0.25) is 0 Å². The molecule has 1 aliphatic rings. The largest absolute Gasteiger partial charge is 0.494 e. The fraction of sp³-hybridized carbons (Fsp3) is 0.600. The third-order valence-electron chi connectivity index (χ3n) is 5.21. The van der Waals surface area contributed by atoms with E-state index in [1.54, 1.807) is 0 Å². The molecule has 0 spiro atoms. The molecule has 1 aromatic heterocycles. The summed E-state index contributed by atoms with van der Waals surface area (Å²) in [7, 11) is 4.26. The molecule has 0 radical (unpaired) electrons. The number of aliphatic hydroxyl groups excluding tert-OH is 1. The normalized spacial score (nSPS) is 18.8. The highest BCUT2D eigenvalue weighted by Crippen LogP contribution is 2.34. The zero-order chi connectivity index (χ0) is 17.3. The van der Waals surface area contributed by atoms with E-state index in [9.17, 15) is 5.11 Å². The summed E-state index contributed by atoms with van der Waals surface area (Å²) < 4.78 is 8.29. The van der Waals surface area contributed by atoms with Crippen LogP contribution in [-0.2, 0) is 19.4 Å². The summed E-state index contributed by atoms with van der Waals surface area (Å²) in [5.41, 5.74) is 3.99. The summed E-state index contributed by atoms with van der Waals surface area (Å²) in [5.74, 6) is 0.935. The molecule has 3 rings (SSSR count). The second-order valence-electron chi connectivity index (χ2n) is 7.27. The predicted molar refractivity (Wildman–Crippen MR) is 98.9 cm³/mol. The number of aliphatic hydroxyl groups is 1. The van der Waals surface area contributed by atoms with Crippen molar-refractivity contribution in [1.82, 2.24) is 9.47 Å². The molecule has 0 aliphatic heterocycles. The summed E-state index contributed by atoms with van der Waals surface area (Å²) in [6, 6.07) is 6.90. The minimum absolute atomic E-state index is 0.219. The van der Waals surface area contributed by atoms with Gasteiger partial charge in [-0.1, -0.05) is 6.92 Å². The molecule has 0 fully saturated rings. The van der Waals surface area contributed by atoms with E-state index in [4.69, 9.17) is 4.74 Å². The van der Waals surface area contributed by atoms with Crippen molar-refractivity contribution in [1.29, 1.82) is 0 Å². The zero-order valence-electron chi connectivity index (χ0n) is 15.4. The van der Waals surface area contributed by atoms with E-state index in [-0.39, 0.29) is 6.10 Å². The van der Waals surface area contributed by atoms with Gasteiger partial charge in [-0.15, -0.1) is 0 Å². The van der Waals surface area contributed by atoms with Gasteiger partial charge in [0.05, 0.1) is 12.7 Å². The second-order valence-corrected chi connectivity index (χ2v) is 7.27. The lowest BCUT2D eigenvalue weighted by Gasteiger charge is -2.24. The van der Waals surface area contributed by atoms with E-state index >= 15 is 0 Å².